The van der Waals surface area contributed by atoms with Crippen molar-refractivity contribution in [2.24, 2.45) is 0 Å². The lowest BCUT2D eigenvalue weighted by Gasteiger charge is -2.26. The molecule has 0 bridgehead atoms. The number of aliphatic hydroxyl groups is 1. The SMILES string of the molecule is COc1ccc(C2/C(=C(\O)c3cc(C)cc(C)c3OC)C(=O)C(=O)N2CCOC(C)C)cc1. The molecule has 176 valence electrons. The minimum atomic E-state index is -0.766. The summed E-state index contributed by atoms with van der Waals surface area (Å²) in [5.41, 5.74) is 2.81. The number of carbonyl (C=O) groups excluding carboxylic acids is 2. The second kappa shape index (κ2) is 10.1. The zero-order chi connectivity index (χ0) is 24.3. The van der Waals surface area contributed by atoms with Crippen LogP contribution in [0.3, 0.4) is 0 Å². The third kappa shape index (κ3) is 4.88. The standard InChI is InChI=1S/C26H31NO6/c1-15(2)33-12-11-27-22(18-7-9-19(31-5)10-8-18)21(24(29)26(27)30)23(28)20-14-16(3)13-17(4)25(20)32-6/h7-10,13-15,22,28H,11-12H2,1-6H3/b23-21+. The first-order valence-corrected chi connectivity index (χ1v) is 10.9. The van der Waals surface area contributed by atoms with Crippen molar-refractivity contribution in [2.45, 2.75) is 39.8 Å². The highest BCUT2D eigenvalue weighted by Gasteiger charge is 2.46. The van der Waals surface area contributed by atoms with Crippen molar-refractivity contribution in [2.75, 3.05) is 27.4 Å². The van der Waals surface area contributed by atoms with Gasteiger partial charge in [0.15, 0.2) is 0 Å². The van der Waals surface area contributed by atoms with Gasteiger partial charge in [0.1, 0.15) is 17.3 Å². The van der Waals surface area contributed by atoms with Gasteiger partial charge in [0.2, 0.25) is 0 Å². The molecule has 1 fully saturated rings. The highest BCUT2D eigenvalue weighted by molar-refractivity contribution is 6.46. The molecule has 1 heterocycles. The molecule has 2 aromatic rings. The first-order chi connectivity index (χ1) is 15.7. The lowest BCUT2D eigenvalue weighted by Crippen LogP contribution is -2.33. The van der Waals surface area contributed by atoms with E-state index in [1.54, 1.807) is 37.4 Å². The molecule has 1 amide bonds. The molecule has 7 heteroatoms. The predicted molar refractivity (Wildman–Crippen MR) is 126 cm³/mol. The number of methoxy groups -OCH3 is 2. The summed E-state index contributed by atoms with van der Waals surface area (Å²) in [4.78, 5) is 27.7. The monoisotopic (exact) mass is 453 g/mol. The second-order valence-corrected chi connectivity index (χ2v) is 8.35. The fraction of sp³-hybridized carbons (Fsp3) is 0.385. The average Bonchev–Trinajstić information content (AvgIpc) is 3.03. The van der Waals surface area contributed by atoms with E-state index in [1.807, 2.05) is 33.8 Å². The number of rotatable bonds is 8. The molecule has 0 radical (unpaired) electrons. The predicted octanol–water partition coefficient (Wildman–Crippen LogP) is 4.17. The number of likely N-dealkylation sites (tertiary alicyclic amines) is 1. The van der Waals surface area contributed by atoms with Crippen molar-refractivity contribution in [3.05, 3.63) is 64.2 Å². The molecule has 7 nitrogen and oxygen atoms in total. The van der Waals surface area contributed by atoms with Gasteiger partial charge in [-0.2, -0.15) is 0 Å². The summed E-state index contributed by atoms with van der Waals surface area (Å²) < 4.78 is 16.4. The van der Waals surface area contributed by atoms with Gasteiger partial charge in [-0.05, 0) is 62.6 Å². The van der Waals surface area contributed by atoms with Crippen molar-refractivity contribution in [3.63, 3.8) is 0 Å². The number of nitrogens with zero attached hydrogens (tertiary/aromatic N) is 1. The summed E-state index contributed by atoms with van der Waals surface area (Å²) in [6.07, 6.45) is -0.0132. The van der Waals surface area contributed by atoms with Crippen molar-refractivity contribution >= 4 is 17.4 Å². The lowest BCUT2D eigenvalue weighted by atomic mass is 9.93. The first-order valence-electron chi connectivity index (χ1n) is 10.9. The summed E-state index contributed by atoms with van der Waals surface area (Å²) in [7, 11) is 3.08. The van der Waals surface area contributed by atoms with Crippen LogP contribution in [0.15, 0.2) is 42.0 Å². The van der Waals surface area contributed by atoms with Gasteiger partial charge in [-0.3, -0.25) is 9.59 Å². The van der Waals surface area contributed by atoms with Crippen molar-refractivity contribution in [1.82, 2.24) is 4.90 Å². The summed E-state index contributed by atoms with van der Waals surface area (Å²) in [5, 5.41) is 11.4. The third-order valence-corrected chi connectivity index (χ3v) is 5.63. The Kier molecular flexibility index (Phi) is 7.43. The highest BCUT2D eigenvalue weighted by Crippen LogP contribution is 2.42. The van der Waals surface area contributed by atoms with Crippen molar-refractivity contribution in [3.8, 4) is 11.5 Å². The van der Waals surface area contributed by atoms with E-state index in [-0.39, 0.29) is 30.6 Å². The number of benzene rings is 2. The van der Waals surface area contributed by atoms with E-state index >= 15 is 0 Å². The van der Waals surface area contributed by atoms with Gasteiger partial charge in [-0.1, -0.05) is 18.2 Å². The Morgan fingerprint density at radius 3 is 2.30 bits per heavy atom. The molecule has 1 saturated heterocycles. The summed E-state index contributed by atoms with van der Waals surface area (Å²) in [6.45, 7) is 8.05. The van der Waals surface area contributed by atoms with Gasteiger partial charge in [-0.25, -0.2) is 0 Å². The van der Waals surface area contributed by atoms with Crippen LogP contribution >= 0.6 is 0 Å². The van der Waals surface area contributed by atoms with Crippen LogP contribution in [0.25, 0.3) is 5.76 Å². The fourth-order valence-corrected chi connectivity index (χ4v) is 4.18. The van der Waals surface area contributed by atoms with Crippen molar-refractivity contribution < 1.29 is 28.9 Å². The maximum absolute atomic E-state index is 13.2. The molecule has 0 aromatic heterocycles. The number of aryl methyl sites for hydroxylation is 2. The Hall–Kier alpha value is -3.32. The van der Waals surface area contributed by atoms with Gasteiger partial charge < -0.3 is 24.2 Å². The molecule has 0 spiro atoms. The molecule has 0 saturated carbocycles. The van der Waals surface area contributed by atoms with Crippen LogP contribution in [0, 0.1) is 13.8 Å². The number of ketones is 1. The number of carbonyl (C=O) groups is 2. The van der Waals surface area contributed by atoms with E-state index in [0.717, 1.165) is 11.1 Å². The van der Waals surface area contributed by atoms with E-state index in [2.05, 4.69) is 0 Å². The smallest absolute Gasteiger partial charge is 0.295 e. The number of amides is 1. The Labute approximate surface area is 194 Å². The van der Waals surface area contributed by atoms with Gasteiger partial charge in [0, 0.05) is 6.54 Å². The van der Waals surface area contributed by atoms with Crippen LogP contribution in [0.1, 0.15) is 42.1 Å². The maximum atomic E-state index is 13.2. The summed E-state index contributed by atoms with van der Waals surface area (Å²) in [5.74, 6) is -0.562. The molecule has 1 aliphatic rings. The van der Waals surface area contributed by atoms with Crippen LogP contribution in [-0.2, 0) is 14.3 Å². The molecule has 1 atom stereocenters. The minimum absolute atomic E-state index is 0.0132. The number of hydrogen-bond acceptors (Lipinski definition) is 6. The van der Waals surface area contributed by atoms with E-state index in [4.69, 9.17) is 14.2 Å². The molecule has 1 N–H and O–H groups in total. The topological polar surface area (TPSA) is 85.3 Å². The van der Waals surface area contributed by atoms with Gasteiger partial charge >= 0.3 is 0 Å². The normalized spacial score (nSPS) is 17.7. The Bertz CT molecular complexity index is 1070. The Morgan fingerprint density at radius 1 is 1.06 bits per heavy atom. The van der Waals surface area contributed by atoms with Crippen LogP contribution in [0.4, 0.5) is 0 Å². The van der Waals surface area contributed by atoms with E-state index in [9.17, 15) is 14.7 Å². The van der Waals surface area contributed by atoms with Crippen LogP contribution < -0.4 is 9.47 Å². The zero-order valence-corrected chi connectivity index (χ0v) is 20.0. The molecule has 3 rings (SSSR count). The molecule has 33 heavy (non-hydrogen) atoms. The quantitative estimate of drug-likeness (QED) is 0.367. The number of hydrogen-bond donors (Lipinski definition) is 1. The van der Waals surface area contributed by atoms with E-state index < -0.39 is 17.7 Å². The first kappa shape index (κ1) is 24.3. The van der Waals surface area contributed by atoms with Gasteiger partial charge in [0.25, 0.3) is 11.7 Å². The third-order valence-electron chi connectivity index (χ3n) is 5.63. The molecule has 0 aliphatic carbocycles. The Balaban J connectivity index is 2.18. The molecular formula is C26H31NO6. The maximum Gasteiger partial charge on any atom is 0.295 e. The largest absolute Gasteiger partial charge is 0.507 e. The van der Waals surface area contributed by atoms with Crippen molar-refractivity contribution in [1.29, 1.82) is 0 Å². The van der Waals surface area contributed by atoms with Crippen LogP contribution in [0.5, 0.6) is 11.5 Å². The van der Waals surface area contributed by atoms with E-state index in [0.29, 0.717) is 22.6 Å². The molecule has 1 aliphatic heterocycles. The fourth-order valence-electron chi connectivity index (χ4n) is 4.18. The second-order valence-electron chi connectivity index (χ2n) is 8.35. The summed E-state index contributed by atoms with van der Waals surface area (Å²) in [6, 6.07) is 10.0. The van der Waals surface area contributed by atoms with E-state index in [1.165, 1.54) is 12.0 Å². The number of Topliss-reactive ketones (excluding diaryl/α,β-unsaturated/α-hetero) is 1. The number of ether oxygens (including phenoxy) is 3. The zero-order valence-electron chi connectivity index (χ0n) is 20.0. The molecule has 2 aromatic carbocycles. The molecular weight excluding hydrogens is 422 g/mol. The highest BCUT2D eigenvalue weighted by atomic mass is 16.5. The van der Waals surface area contributed by atoms with Crippen LogP contribution in [-0.4, -0.2) is 55.2 Å². The lowest BCUT2D eigenvalue weighted by molar-refractivity contribution is -0.140. The van der Waals surface area contributed by atoms with Gasteiger partial charge in [-0.15, -0.1) is 0 Å². The number of aliphatic hydroxyl groups excluding tert-OH is 1. The summed E-state index contributed by atoms with van der Waals surface area (Å²) >= 11 is 0. The minimum Gasteiger partial charge on any atom is -0.507 e. The van der Waals surface area contributed by atoms with Gasteiger partial charge in [0.05, 0.1) is 44.1 Å². The Morgan fingerprint density at radius 2 is 1.73 bits per heavy atom. The molecule has 1 unspecified atom stereocenters. The van der Waals surface area contributed by atoms with Crippen LogP contribution in [0.2, 0.25) is 0 Å². The average molecular weight is 454 g/mol.